The minimum atomic E-state index is -4.50. The average molecular weight is 285 g/mol. The molecular formula is C12H10F3N3S. The van der Waals surface area contributed by atoms with Crippen LogP contribution in [0.1, 0.15) is 5.56 Å². The molecule has 0 aliphatic carbocycles. The van der Waals surface area contributed by atoms with Gasteiger partial charge in [-0.3, -0.25) is 0 Å². The van der Waals surface area contributed by atoms with Crippen LogP contribution in [0, 0.1) is 24.2 Å². The molecule has 1 N–H and O–H groups in total. The highest BCUT2D eigenvalue weighted by Crippen LogP contribution is 2.31. The molecule has 19 heavy (non-hydrogen) atoms. The summed E-state index contributed by atoms with van der Waals surface area (Å²) >= 11 is 0.902. The number of aryl methyl sites for hydroxylation is 1. The molecule has 2 aromatic rings. The van der Waals surface area contributed by atoms with Crippen LogP contribution in [-0.4, -0.2) is 21.9 Å². The van der Waals surface area contributed by atoms with E-state index in [0.717, 1.165) is 22.8 Å². The number of fused-ring (bicyclic) bond motifs is 1. The van der Waals surface area contributed by atoms with E-state index in [1.165, 1.54) is 6.07 Å². The predicted molar refractivity (Wildman–Crippen MR) is 66.7 cm³/mol. The molecule has 1 atom stereocenters. The number of thioether (sulfide) groups is 1. The van der Waals surface area contributed by atoms with Gasteiger partial charge in [-0.2, -0.15) is 18.4 Å². The number of alkyl halides is 3. The van der Waals surface area contributed by atoms with Gasteiger partial charge in [-0.15, -0.1) is 0 Å². The molecule has 0 aliphatic heterocycles. The number of imidazole rings is 1. The molecule has 0 radical (unpaired) electrons. The Balaban J connectivity index is 2.12. The minimum absolute atomic E-state index is 0.362. The minimum Gasteiger partial charge on any atom is -0.333 e. The number of nitriles is 1. The zero-order valence-electron chi connectivity index (χ0n) is 9.95. The number of hydrogen-bond acceptors (Lipinski definition) is 3. The number of benzene rings is 1. The molecule has 3 nitrogen and oxygen atoms in total. The van der Waals surface area contributed by atoms with Crippen molar-refractivity contribution in [1.82, 2.24) is 9.97 Å². The molecule has 0 aliphatic rings. The Morgan fingerprint density at radius 1 is 1.47 bits per heavy atom. The Morgan fingerprint density at radius 3 is 2.84 bits per heavy atom. The summed E-state index contributed by atoms with van der Waals surface area (Å²) in [5.41, 5.74) is 2.52. The van der Waals surface area contributed by atoms with Crippen LogP contribution in [-0.2, 0) is 0 Å². The first-order valence-electron chi connectivity index (χ1n) is 5.45. The van der Waals surface area contributed by atoms with Gasteiger partial charge in [-0.05, 0) is 24.6 Å². The Labute approximate surface area is 111 Å². The van der Waals surface area contributed by atoms with Gasteiger partial charge in [-0.1, -0.05) is 17.8 Å². The summed E-state index contributed by atoms with van der Waals surface area (Å²) in [7, 11) is 0. The molecule has 100 valence electrons. The zero-order valence-corrected chi connectivity index (χ0v) is 10.8. The van der Waals surface area contributed by atoms with E-state index in [-0.39, 0.29) is 5.75 Å². The van der Waals surface area contributed by atoms with Crippen LogP contribution in [0.5, 0.6) is 0 Å². The van der Waals surface area contributed by atoms with E-state index in [4.69, 9.17) is 5.26 Å². The third-order valence-electron chi connectivity index (χ3n) is 2.55. The van der Waals surface area contributed by atoms with Crippen molar-refractivity contribution in [3.05, 3.63) is 23.8 Å². The van der Waals surface area contributed by atoms with Crippen molar-refractivity contribution >= 4 is 22.8 Å². The maximum atomic E-state index is 12.4. The summed E-state index contributed by atoms with van der Waals surface area (Å²) < 4.78 is 37.2. The second-order valence-electron chi connectivity index (χ2n) is 4.10. The maximum Gasteiger partial charge on any atom is 0.405 e. The predicted octanol–water partition coefficient (Wildman–Crippen LogP) is 3.67. The first kappa shape index (κ1) is 13.7. The van der Waals surface area contributed by atoms with Gasteiger partial charge in [0, 0.05) is 5.75 Å². The van der Waals surface area contributed by atoms with Crippen LogP contribution in [0.3, 0.4) is 0 Å². The molecule has 0 amide bonds. The summed E-state index contributed by atoms with van der Waals surface area (Å²) in [4.78, 5) is 7.12. The molecule has 1 heterocycles. The van der Waals surface area contributed by atoms with Gasteiger partial charge in [0.2, 0.25) is 0 Å². The molecule has 0 saturated carbocycles. The van der Waals surface area contributed by atoms with E-state index in [0.29, 0.717) is 10.7 Å². The third-order valence-corrected chi connectivity index (χ3v) is 3.52. The lowest BCUT2D eigenvalue weighted by Gasteiger charge is -2.11. The van der Waals surface area contributed by atoms with Gasteiger partial charge in [0.1, 0.15) is 0 Å². The van der Waals surface area contributed by atoms with Crippen molar-refractivity contribution in [3.8, 4) is 6.07 Å². The number of nitrogens with zero attached hydrogens (tertiary/aromatic N) is 2. The maximum absolute atomic E-state index is 12.4. The van der Waals surface area contributed by atoms with Crippen molar-refractivity contribution in [3.63, 3.8) is 0 Å². The van der Waals surface area contributed by atoms with Crippen molar-refractivity contribution in [2.24, 2.45) is 5.92 Å². The lowest BCUT2D eigenvalue weighted by atomic mass is 10.2. The van der Waals surface area contributed by atoms with E-state index >= 15 is 0 Å². The number of halogens is 3. The number of aromatic amines is 1. The highest BCUT2D eigenvalue weighted by atomic mass is 32.2. The average Bonchev–Trinajstić information content (AvgIpc) is 2.69. The van der Waals surface area contributed by atoms with Crippen LogP contribution in [0.2, 0.25) is 0 Å². The van der Waals surface area contributed by atoms with Crippen LogP contribution in [0.25, 0.3) is 11.0 Å². The number of aromatic nitrogens is 2. The summed E-state index contributed by atoms with van der Waals surface area (Å²) in [6, 6.07) is 6.82. The van der Waals surface area contributed by atoms with Gasteiger partial charge in [0.25, 0.3) is 0 Å². The van der Waals surface area contributed by atoms with E-state index in [1.54, 1.807) is 6.07 Å². The van der Waals surface area contributed by atoms with Crippen molar-refractivity contribution in [1.29, 1.82) is 5.26 Å². The Kier molecular flexibility index (Phi) is 3.71. The van der Waals surface area contributed by atoms with Crippen LogP contribution >= 0.6 is 11.8 Å². The summed E-state index contributed by atoms with van der Waals surface area (Å²) in [5, 5.41) is 8.90. The van der Waals surface area contributed by atoms with E-state index in [9.17, 15) is 13.2 Å². The van der Waals surface area contributed by atoms with Gasteiger partial charge < -0.3 is 4.98 Å². The van der Waals surface area contributed by atoms with Crippen molar-refractivity contribution in [2.75, 3.05) is 5.75 Å². The standard InChI is InChI=1S/C12H10F3N3S/c1-7-2-3-9-10(4-7)18-11(17-9)19-6-8(5-16)12(13,14)15/h2-4,8H,6H2,1H3,(H,17,18). The topological polar surface area (TPSA) is 52.5 Å². The molecule has 1 aromatic carbocycles. The van der Waals surface area contributed by atoms with Gasteiger partial charge in [-0.25, -0.2) is 4.98 Å². The lowest BCUT2D eigenvalue weighted by Crippen LogP contribution is -2.23. The second kappa shape index (κ2) is 5.13. The monoisotopic (exact) mass is 285 g/mol. The van der Waals surface area contributed by atoms with Crippen LogP contribution < -0.4 is 0 Å². The normalized spacial score (nSPS) is 13.4. The number of rotatable bonds is 3. The Hall–Kier alpha value is -1.68. The third kappa shape index (κ3) is 3.20. The Bertz CT molecular complexity index is 627. The molecule has 1 aromatic heterocycles. The van der Waals surface area contributed by atoms with Crippen molar-refractivity contribution in [2.45, 2.75) is 18.3 Å². The zero-order chi connectivity index (χ0) is 14.0. The molecule has 2 rings (SSSR count). The fraction of sp³-hybridized carbons (Fsp3) is 0.333. The first-order valence-corrected chi connectivity index (χ1v) is 6.44. The van der Waals surface area contributed by atoms with E-state index < -0.39 is 12.1 Å². The molecule has 0 bridgehead atoms. The Morgan fingerprint density at radius 2 is 2.21 bits per heavy atom. The van der Waals surface area contributed by atoms with Crippen LogP contribution in [0.15, 0.2) is 23.4 Å². The highest BCUT2D eigenvalue weighted by Gasteiger charge is 2.39. The fourth-order valence-electron chi connectivity index (χ4n) is 1.54. The second-order valence-corrected chi connectivity index (χ2v) is 5.11. The largest absolute Gasteiger partial charge is 0.405 e. The fourth-order valence-corrected chi connectivity index (χ4v) is 2.47. The van der Waals surface area contributed by atoms with Gasteiger partial charge in [0.15, 0.2) is 11.1 Å². The molecule has 1 unspecified atom stereocenters. The first-order chi connectivity index (χ1) is 8.90. The SMILES string of the molecule is Cc1ccc2nc(SCC(C#N)C(F)(F)F)[nH]c2c1. The van der Waals surface area contributed by atoms with E-state index in [2.05, 4.69) is 9.97 Å². The smallest absolute Gasteiger partial charge is 0.333 e. The van der Waals surface area contributed by atoms with Crippen molar-refractivity contribution < 1.29 is 13.2 Å². The van der Waals surface area contributed by atoms with Crippen LogP contribution in [0.4, 0.5) is 13.2 Å². The van der Waals surface area contributed by atoms with Gasteiger partial charge >= 0.3 is 6.18 Å². The number of hydrogen-bond donors (Lipinski definition) is 1. The molecule has 0 fully saturated rings. The summed E-state index contributed by atoms with van der Waals surface area (Å²) in [5.74, 6) is -2.34. The number of H-pyrrole nitrogens is 1. The quantitative estimate of drug-likeness (QED) is 0.875. The molecule has 0 spiro atoms. The van der Waals surface area contributed by atoms with E-state index in [1.807, 2.05) is 19.1 Å². The summed E-state index contributed by atoms with van der Waals surface area (Å²) in [6.45, 7) is 1.92. The van der Waals surface area contributed by atoms with Gasteiger partial charge in [0.05, 0.1) is 17.1 Å². The molecule has 7 heteroatoms. The molecular weight excluding hydrogens is 275 g/mol. The highest BCUT2D eigenvalue weighted by molar-refractivity contribution is 7.99. The summed E-state index contributed by atoms with van der Waals surface area (Å²) in [6.07, 6.45) is -4.50. The number of nitrogens with one attached hydrogen (secondary N) is 1. The lowest BCUT2D eigenvalue weighted by molar-refractivity contribution is -0.152. The molecule has 0 saturated heterocycles.